The van der Waals surface area contributed by atoms with Crippen molar-refractivity contribution in [3.8, 4) is 0 Å². The molecule has 0 bridgehead atoms. The summed E-state index contributed by atoms with van der Waals surface area (Å²) in [5, 5.41) is 0. The van der Waals surface area contributed by atoms with Crippen LogP contribution in [-0.4, -0.2) is 53.6 Å². The third-order valence-electron chi connectivity index (χ3n) is 4.06. The first-order valence-electron chi connectivity index (χ1n) is 8.26. The second kappa shape index (κ2) is 7.88. The summed E-state index contributed by atoms with van der Waals surface area (Å²) in [4.78, 5) is 25.1. The van der Waals surface area contributed by atoms with Crippen molar-refractivity contribution in [1.82, 2.24) is 14.9 Å². The fourth-order valence-corrected chi connectivity index (χ4v) is 2.67. The van der Waals surface area contributed by atoms with Gasteiger partial charge in [0.1, 0.15) is 0 Å². The summed E-state index contributed by atoms with van der Waals surface area (Å²) in [5.74, 6) is 0.607. The molecule has 1 aromatic heterocycles. The van der Waals surface area contributed by atoms with Gasteiger partial charge in [-0.3, -0.25) is 4.79 Å². The molecule has 2 aromatic rings. The zero-order valence-corrected chi connectivity index (χ0v) is 13.9. The standard InChI is InChI=1S/C18H22N4O2/c1-2-21(14-15-6-4-3-5-7-15)18-19-12-16(13-20-18)17(23)22-8-10-24-11-9-22/h3-7,12-13H,2,8-11,14H2,1H3. The number of aromatic nitrogens is 2. The van der Waals surface area contributed by atoms with Crippen molar-refractivity contribution in [3.05, 3.63) is 53.9 Å². The average Bonchev–Trinajstić information content (AvgIpc) is 2.67. The number of morpholine rings is 1. The Labute approximate surface area is 142 Å². The predicted octanol–water partition coefficient (Wildman–Crippen LogP) is 1.98. The van der Waals surface area contributed by atoms with E-state index in [1.807, 2.05) is 18.2 Å². The number of ether oxygens (including phenoxy) is 1. The minimum Gasteiger partial charge on any atom is -0.378 e. The number of rotatable bonds is 5. The Bertz CT molecular complexity index is 654. The van der Waals surface area contributed by atoms with E-state index in [-0.39, 0.29) is 5.91 Å². The lowest BCUT2D eigenvalue weighted by atomic mass is 10.2. The normalized spacial score (nSPS) is 14.5. The van der Waals surface area contributed by atoms with Gasteiger partial charge in [-0.05, 0) is 12.5 Å². The number of nitrogens with zero attached hydrogens (tertiary/aromatic N) is 4. The third-order valence-corrected chi connectivity index (χ3v) is 4.06. The van der Waals surface area contributed by atoms with Crippen molar-refractivity contribution < 1.29 is 9.53 Å². The van der Waals surface area contributed by atoms with E-state index in [0.717, 1.165) is 13.1 Å². The Balaban J connectivity index is 1.69. The van der Waals surface area contributed by atoms with E-state index >= 15 is 0 Å². The highest BCUT2D eigenvalue weighted by molar-refractivity contribution is 5.93. The molecule has 0 spiro atoms. The number of carbonyl (C=O) groups excluding carboxylic acids is 1. The Morgan fingerprint density at radius 3 is 2.46 bits per heavy atom. The molecule has 0 radical (unpaired) electrons. The molecule has 1 aliphatic heterocycles. The predicted molar refractivity (Wildman–Crippen MR) is 91.9 cm³/mol. The number of benzene rings is 1. The van der Waals surface area contributed by atoms with E-state index in [0.29, 0.717) is 37.8 Å². The lowest BCUT2D eigenvalue weighted by Crippen LogP contribution is -2.40. The van der Waals surface area contributed by atoms with Gasteiger partial charge in [-0.15, -0.1) is 0 Å². The molecule has 0 saturated carbocycles. The average molecular weight is 326 g/mol. The van der Waals surface area contributed by atoms with Gasteiger partial charge < -0.3 is 14.5 Å². The van der Waals surface area contributed by atoms with Crippen LogP contribution >= 0.6 is 0 Å². The van der Waals surface area contributed by atoms with Crippen LogP contribution in [0.2, 0.25) is 0 Å². The lowest BCUT2D eigenvalue weighted by molar-refractivity contribution is 0.0302. The van der Waals surface area contributed by atoms with Crippen LogP contribution in [0.15, 0.2) is 42.7 Å². The molecule has 0 atom stereocenters. The minimum atomic E-state index is -0.0315. The summed E-state index contributed by atoms with van der Waals surface area (Å²) in [6, 6.07) is 10.2. The lowest BCUT2D eigenvalue weighted by Gasteiger charge is -2.27. The van der Waals surface area contributed by atoms with Crippen LogP contribution in [0.5, 0.6) is 0 Å². The molecule has 6 heteroatoms. The molecule has 1 aliphatic rings. The molecular formula is C18H22N4O2. The summed E-state index contributed by atoms with van der Waals surface area (Å²) in [7, 11) is 0. The van der Waals surface area contributed by atoms with Crippen LogP contribution < -0.4 is 4.90 Å². The monoisotopic (exact) mass is 326 g/mol. The van der Waals surface area contributed by atoms with Crippen molar-refractivity contribution in [2.24, 2.45) is 0 Å². The van der Waals surface area contributed by atoms with Crippen LogP contribution in [-0.2, 0) is 11.3 Å². The quantitative estimate of drug-likeness (QED) is 0.841. The van der Waals surface area contributed by atoms with E-state index in [2.05, 4.69) is 33.9 Å². The molecule has 0 aliphatic carbocycles. The van der Waals surface area contributed by atoms with Gasteiger partial charge in [0.05, 0.1) is 18.8 Å². The highest BCUT2D eigenvalue weighted by Crippen LogP contribution is 2.13. The molecule has 2 heterocycles. The summed E-state index contributed by atoms with van der Waals surface area (Å²) in [5.41, 5.74) is 1.73. The van der Waals surface area contributed by atoms with Crippen molar-refractivity contribution in [2.45, 2.75) is 13.5 Å². The minimum absolute atomic E-state index is 0.0315. The van der Waals surface area contributed by atoms with Gasteiger partial charge in [-0.1, -0.05) is 30.3 Å². The summed E-state index contributed by atoms with van der Waals surface area (Å²) < 4.78 is 5.28. The SMILES string of the molecule is CCN(Cc1ccccc1)c1ncc(C(=O)N2CCOCC2)cn1. The maximum atomic E-state index is 12.4. The maximum Gasteiger partial charge on any atom is 0.257 e. The molecule has 6 nitrogen and oxygen atoms in total. The number of hydrogen-bond acceptors (Lipinski definition) is 5. The Kier molecular flexibility index (Phi) is 5.38. The van der Waals surface area contributed by atoms with Crippen LogP contribution in [0, 0.1) is 0 Å². The second-order valence-corrected chi connectivity index (χ2v) is 5.68. The van der Waals surface area contributed by atoms with Crippen molar-refractivity contribution in [1.29, 1.82) is 0 Å². The topological polar surface area (TPSA) is 58.6 Å². The van der Waals surface area contributed by atoms with E-state index in [9.17, 15) is 4.79 Å². The number of hydrogen-bond donors (Lipinski definition) is 0. The Morgan fingerprint density at radius 2 is 1.83 bits per heavy atom. The largest absolute Gasteiger partial charge is 0.378 e. The van der Waals surface area contributed by atoms with Crippen molar-refractivity contribution >= 4 is 11.9 Å². The van der Waals surface area contributed by atoms with Crippen LogP contribution in [0.25, 0.3) is 0 Å². The van der Waals surface area contributed by atoms with Crippen molar-refractivity contribution in [2.75, 3.05) is 37.7 Å². The first kappa shape index (κ1) is 16.4. The maximum absolute atomic E-state index is 12.4. The molecule has 0 N–H and O–H groups in total. The van der Waals surface area contributed by atoms with Crippen molar-refractivity contribution in [3.63, 3.8) is 0 Å². The first-order valence-corrected chi connectivity index (χ1v) is 8.26. The van der Waals surface area contributed by atoms with E-state index < -0.39 is 0 Å². The molecule has 1 fully saturated rings. The van der Waals surface area contributed by atoms with Crippen LogP contribution in [0.3, 0.4) is 0 Å². The molecule has 126 valence electrons. The van der Waals surface area contributed by atoms with Crippen LogP contribution in [0.1, 0.15) is 22.8 Å². The summed E-state index contributed by atoms with van der Waals surface area (Å²) >= 11 is 0. The van der Waals surface area contributed by atoms with E-state index in [1.165, 1.54) is 5.56 Å². The van der Waals surface area contributed by atoms with Gasteiger partial charge in [0.15, 0.2) is 0 Å². The summed E-state index contributed by atoms with van der Waals surface area (Å²) in [6.45, 7) is 6.03. The van der Waals surface area contributed by atoms with Crippen LogP contribution in [0.4, 0.5) is 5.95 Å². The molecule has 0 unspecified atom stereocenters. The van der Waals surface area contributed by atoms with Gasteiger partial charge in [0, 0.05) is 38.6 Å². The molecule has 1 aromatic carbocycles. The molecule has 3 rings (SSSR count). The van der Waals surface area contributed by atoms with Gasteiger partial charge in [0.25, 0.3) is 5.91 Å². The molecule has 1 amide bonds. The van der Waals surface area contributed by atoms with E-state index in [4.69, 9.17) is 4.74 Å². The molecule has 1 saturated heterocycles. The van der Waals surface area contributed by atoms with Gasteiger partial charge in [-0.2, -0.15) is 0 Å². The number of carbonyl (C=O) groups is 1. The Morgan fingerprint density at radius 1 is 1.17 bits per heavy atom. The second-order valence-electron chi connectivity index (χ2n) is 5.68. The first-order chi connectivity index (χ1) is 11.8. The molecular weight excluding hydrogens is 304 g/mol. The zero-order valence-electron chi connectivity index (χ0n) is 13.9. The fourth-order valence-electron chi connectivity index (χ4n) is 2.67. The number of anilines is 1. The highest BCUT2D eigenvalue weighted by Gasteiger charge is 2.19. The number of amides is 1. The Hall–Kier alpha value is -2.47. The summed E-state index contributed by atoms with van der Waals surface area (Å²) in [6.07, 6.45) is 3.24. The fraction of sp³-hybridized carbons (Fsp3) is 0.389. The molecule has 24 heavy (non-hydrogen) atoms. The van der Waals surface area contributed by atoms with E-state index in [1.54, 1.807) is 17.3 Å². The van der Waals surface area contributed by atoms with Gasteiger partial charge in [0.2, 0.25) is 5.95 Å². The van der Waals surface area contributed by atoms with Gasteiger partial charge >= 0.3 is 0 Å². The van der Waals surface area contributed by atoms with Gasteiger partial charge in [-0.25, -0.2) is 9.97 Å². The highest BCUT2D eigenvalue weighted by atomic mass is 16.5. The third kappa shape index (κ3) is 3.89. The zero-order chi connectivity index (χ0) is 16.8. The smallest absolute Gasteiger partial charge is 0.257 e.